The zero-order valence-corrected chi connectivity index (χ0v) is 21.4. The maximum absolute atomic E-state index is 13.2. The lowest BCUT2D eigenvalue weighted by atomic mass is 9.97. The van der Waals surface area contributed by atoms with Gasteiger partial charge in [0.15, 0.2) is 0 Å². The molecule has 3 unspecified atom stereocenters. The van der Waals surface area contributed by atoms with Gasteiger partial charge in [-0.3, -0.25) is 14.4 Å². The van der Waals surface area contributed by atoms with Crippen molar-refractivity contribution in [2.45, 2.75) is 78.3 Å². The van der Waals surface area contributed by atoms with Crippen LogP contribution < -0.4 is 20.5 Å². The predicted molar refractivity (Wildman–Crippen MR) is 133 cm³/mol. The second-order valence-corrected chi connectivity index (χ2v) is 9.10. The molecule has 0 aliphatic carbocycles. The van der Waals surface area contributed by atoms with E-state index in [0.717, 1.165) is 24.8 Å². The first-order valence-electron chi connectivity index (χ1n) is 11.6. The second kappa shape index (κ2) is 15.4. The standard InChI is InChI=1S/C24H38N3O6P/c1-6-8-9-10-21(28)26-20(15-18-11-13-19(14-12-18)33-34(31)32)23(29)27-22(17(5)7-2)24(30)25-16(3)4/h11-14,17,20,22,31-32H,3,6-10,15H2,1-2,4-5H3,(H,25,30)(H,26,28)(H,27,29). The number of benzene rings is 1. The minimum atomic E-state index is -2.53. The van der Waals surface area contributed by atoms with Crippen LogP contribution in [0.4, 0.5) is 0 Å². The quantitative estimate of drug-likeness (QED) is 0.187. The summed E-state index contributed by atoms with van der Waals surface area (Å²) in [6.07, 6.45) is 3.79. The summed E-state index contributed by atoms with van der Waals surface area (Å²) >= 11 is 0. The predicted octanol–water partition coefficient (Wildman–Crippen LogP) is 3.07. The minimum absolute atomic E-state index is 0.132. The summed E-state index contributed by atoms with van der Waals surface area (Å²) in [5.41, 5.74) is 1.21. The number of unbranched alkanes of at least 4 members (excludes halogenated alkanes) is 2. The molecule has 34 heavy (non-hydrogen) atoms. The first-order valence-corrected chi connectivity index (χ1v) is 12.7. The van der Waals surface area contributed by atoms with E-state index in [4.69, 9.17) is 14.3 Å². The maximum atomic E-state index is 13.2. The Bertz CT molecular complexity index is 815. The second-order valence-electron chi connectivity index (χ2n) is 8.41. The fourth-order valence-corrected chi connectivity index (χ4v) is 3.58. The number of hydrogen-bond donors (Lipinski definition) is 5. The van der Waals surface area contributed by atoms with Crippen molar-refractivity contribution in [2.75, 3.05) is 0 Å². The number of rotatable bonds is 15. The molecule has 5 N–H and O–H groups in total. The van der Waals surface area contributed by atoms with Crippen molar-refractivity contribution >= 4 is 26.3 Å². The summed E-state index contributed by atoms with van der Waals surface area (Å²) in [6.45, 7) is 11.2. The van der Waals surface area contributed by atoms with Gasteiger partial charge >= 0.3 is 8.60 Å². The molecular weight excluding hydrogens is 457 g/mol. The van der Waals surface area contributed by atoms with Crippen molar-refractivity contribution < 1.29 is 28.7 Å². The number of carbonyl (C=O) groups excluding carboxylic acids is 3. The van der Waals surface area contributed by atoms with E-state index in [9.17, 15) is 14.4 Å². The molecule has 9 nitrogen and oxygen atoms in total. The maximum Gasteiger partial charge on any atom is 0.391 e. The molecule has 0 spiro atoms. The third-order valence-corrected chi connectivity index (χ3v) is 5.71. The molecule has 1 rings (SSSR count). The monoisotopic (exact) mass is 495 g/mol. The summed E-state index contributed by atoms with van der Waals surface area (Å²) in [5.74, 6) is -0.897. The van der Waals surface area contributed by atoms with Crippen LogP contribution >= 0.6 is 8.60 Å². The highest BCUT2D eigenvalue weighted by molar-refractivity contribution is 7.39. The normalized spacial score (nSPS) is 13.5. The van der Waals surface area contributed by atoms with Crippen LogP contribution in [0, 0.1) is 5.92 Å². The average Bonchev–Trinajstić information content (AvgIpc) is 2.76. The molecule has 10 heteroatoms. The Kier molecular flexibility index (Phi) is 13.4. The molecule has 0 heterocycles. The first-order chi connectivity index (χ1) is 16.1. The number of allylic oxidation sites excluding steroid dienone is 1. The number of amides is 3. The topological polar surface area (TPSA) is 137 Å². The Hall–Kier alpha value is -2.48. The molecular formula is C24H38N3O6P. The van der Waals surface area contributed by atoms with Crippen LogP contribution in [-0.4, -0.2) is 39.6 Å². The van der Waals surface area contributed by atoms with Crippen LogP contribution in [-0.2, 0) is 20.8 Å². The van der Waals surface area contributed by atoms with Crippen molar-refractivity contribution in [3.05, 3.63) is 42.1 Å². The lowest BCUT2D eigenvalue weighted by molar-refractivity contribution is -0.132. The Labute approximate surface area is 203 Å². The van der Waals surface area contributed by atoms with E-state index in [1.54, 1.807) is 31.2 Å². The minimum Gasteiger partial charge on any atom is -0.427 e. The molecule has 3 atom stereocenters. The fourth-order valence-electron chi connectivity index (χ4n) is 3.27. The van der Waals surface area contributed by atoms with E-state index in [0.29, 0.717) is 18.5 Å². The van der Waals surface area contributed by atoms with Crippen LogP contribution in [0.1, 0.15) is 65.4 Å². The van der Waals surface area contributed by atoms with E-state index in [2.05, 4.69) is 22.5 Å². The molecule has 0 bridgehead atoms. The molecule has 0 radical (unpaired) electrons. The van der Waals surface area contributed by atoms with Crippen molar-refractivity contribution in [1.29, 1.82) is 0 Å². The van der Waals surface area contributed by atoms with Crippen molar-refractivity contribution in [2.24, 2.45) is 5.92 Å². The number of nitrogens with one attached hydrogen (secondary N) is 3. The summed E-state index contributed by atoms with van der Waals surface area (Å²) in [4.78, 5) is 56.4. The number of carbonyl (C=O) groups is 3. The van der Waals surface area contributed by atoms with E-state index in [-0.39, 0.29) is 29.9 Å². The summed E-state index contributed by atoms with van der Waals surface area (Å²) in [6, 6.07) is 4.79. The summed E-state index contributed by atoms with van der Waals surface area (Å²) < 4.78 is 4.87. The van der Waals surface area contributed by atoms with Crippen LogP contribution in [0.2, 0.25) is 0 Å². The van der Waals surface area contributed by atoms with Gasteiger partial charge in [0.2, 0.25) is 17.7 Å². The molecule has 0 aliphatic rings. The van der Waals surface area contributed by atoms with Gasteiger partial charge in [0.25, 0.3) is 0 Å². The molecule has 0 fully saturated rings. The van der Waals surface area contributed by atoms with E-state index in [1.165, 1.54) is 0 Å². The van der Waals surface area contributed by atoms with Crippen LogP contribution in [0.15, 0.2) is 36.5 Å². The Morgan fingerprint density at radius 3 is 2.24 bits per heavy atom. The molecule has 0 aromatic heterocycles. The van der Waals surface area contributed by atoms with Crippen molar-refractivity contribution in [3.63, 3.8) is 0 Å². The first kappa shape index (κ1) is 29.6. The fraction of sp³-hybridized carbons (Fsp3) is 0.542. The molecule has 190 valence electrons. The van der Waals surface area contributed by atoms with Gasteiger partial charge in [-0.1, -0.05) is 58.7 Å². The molecule has 3 amide bonds. The highest BCUT2D eigenvalue weighted by atomic mass is 31.2. The third-order valence-electron chi connectivity index (χ3n) is 5.34. The van der Waals surface area contributed by atoms with Gasteiger partial charge in [-0.25, -0.2) is 0 Å². The van der Waals surface area contributed by atoms with Gasteiger partial charge in [-0.05, 0) is 37.0 Å². The Balaban J connectivity index is 3.04. The SMILES string of the molecule is C=C(C)NC(=O)C(NC(=O)C(Cc1ccc(OP(O)O)cc1)NC(=O)CCCCC)C(C)CC. The van der Waals surface area contributed by atoms with E-state index < -0.39 is 26.6 Å². The van der Waals surface area contributed by atoms with Crippen LogP contribution in [0.3, 0.4) is 0 Å². The Morgan fingerprint density at radius 1 is 1.06 bits per heavy atom. The molecule has 0 aliphatic heterocycles. The molecule has 0 saturated carbocycles. The van der Waals surface area contributed by atoms with Crippen molar-refractivity contribution in [3.8, 4) is 5.75 Å². The average molecular weight is 496 g/mol. The van der Waals surface area contributed by atoms with Gasteiger partial charge in [-0.2, -0.15) is 0 Å². The van der Waals surface area contributed by atoms with Crippen LogP contribution in [0.5, 0.6) is 5.75 Å². The third kappa shape index (κ3) is 11.1. The lowest BCUT2D eigenvalue weighted by Gasteiger charge is -2.26. The van der Waals surface area contributed by atoms with E-state index in [1.807, 2.05) is 20.8 Å². The summed E-state index contributed by atoms with van der Waals surface area (Å²) in [5, 5.41) is 8.27. The van der Waals surface area contributed by atoms with Crippen molar-refractivity contribution in [1.82, 2.24) is 16.0 Å². The van der Waals surface area contributed by atoms with E-state index >= 15 is 0 Å². The van der Waals surface area contributed by atoms with Crippen LogP contribution in [0.25, 0.3) is 0 Å². The highest BCUT2D eigenvalue weighted by Gasteiger charge is 2.30. The highest BCUT2D eigenvalue weighted by Crippen LogP contribution is 2.28. The van der Waals surface area contributed by atoms with Gasteiger partial charge in [0.05, 0.1) is 0 Å². The molecule has 0 saturated heterocycles. The summed E-state index contributed by atoms with van der Waals surface area (Å²) in [7, 11) is -2.53. The van der Waals surface area contributed by atoms with Gasteiger partial charge in [-0.15, -0.1) is 0 Å². The van der Waals surface area contributed by atoms with Gasteiger partial charge in [0, 0.05) is 18.5 Å². The van der Waals surface area contributed by atoms with Gasteiger partial charge < -0.3 is 30.3 Å². The lowest BCUT2D eigenvalue weighted by Crippen LogP contribution is -2.56. The zero-order valence-electron chi connectivity index (χ0n) is 20.5. The largest absolute Gasteiger partial charge is 0.427 e. The number of hydrogen-bond acceptors (Lipinski definition) is 6. The smallest absolute Gasteiger partial charge is 0.391 e. The Morgan fingerprint density at radius 2 is 1.71 bits per heavy atom. The molecule has 1 aromatic rings. The zero-order chi connectivity index (χ0) is 25.7. The molecule has 1 aromatic carbocycles. The van der Waals surface area contributed by atoms with Gasteiger partial charge in [0.1, 0.15) is 17.8 Å².